The molecule has 1 heterocycles. The van der Waals surface area contributed by atoms with E-state index in [4.69, 9.17) is 0 Å². The molecule has 0 aliphatic rings. The van der Waals surface area contributed by atoms with E-state index in [0.29, 0.717) is 11.5 Å². The average Bonchev–Trinajstić information content (AvgIpc) is 3.02. The molecule has 1 aromatic heterocycles. The average molecular weight is 357 g/mol. The van der Waals surface area contributed by atoms with E-state index >= 15 is 0 Å². The summed E-state index contributed by atoms with van der Waals surface area (Å²) < 4.78 is 29.3. The van der Waals surface area contributed by atoms with Crippen molar-refractivity contribution in [1.82, 2.24) is 20.2 Å². The van der Waals surface area contributed by atoms with E-state index in [1.165, 1.54) is 4.68 Å². The zero-order chi connectivity index (χ0) is 17.9. The molecule has 0 fully saturated rings. The predicted molar refractivity (Wildman–Crippen MR) is 95.5 cm³/mol. The Labute approximate surface area is 146 Å². The first-order valence-electron chi connectivity index (χ1n) is 7.94. The lowest BCUT2D eigenvalue weighted by atomic mass is 10.1. The number of sulfonamides is 1. The summed E-state index contributed by atoms with van der Waals surface area (Å²) in [5.74, 6) is 0.560. The van der Waals surface area contributed by atoms with Crippen LogP contribution in [0.5, 0.6) is 0 Å². The third-order valence-corrected chi connectivity index (χ3v) is 5.16. The first-order valence-corrected chi connectivity index (χ1v) is 9.42. The van der Waals surface area contributed by atoms with Crippen molar-refractivity contribution in [3.63, 3.8) is 0 Å². The summed E-state index contributed by atoms with van der Waals surface area (Å²) in [4.78, 5) is 0.234. The standard InChI is InChI=1S/C17H19N5O2S/c1-3-5-13-8-10-16(11-9-13)25(23,24)19-15-7-4-6-14(12-15)17-18-20-21-22(17)2/h4,6-12,19H,3,5H2,1-2H3. The van der Waals surface area contributed by atoms with Crippen LogP contribution in [0.2, 0.25) is 0 Å². The van der Waals surface area contributed by atoms with E-state index in [1.807, 2.05) is 18.2 Å². The van der Waals surface area contributed by atoms with Crippen LogP contribution in [0.15, 0.2) is 53.4 Å². The summed E-state index contributed by atoms with van der Waals surface area (Å²) in [6, 6.07) is 13.9. The lowest BCUT2D eigenvalue weighted by molar-refractivity contribution is 0.601. The monoisotopic (exact) mass is 357 g/mol. The molecule has 0 aliphatic carbocycles. The van der Waals surface area contributed by atoms with Gasteiger partial charge in [0.15, 0.2) is 5.82 Å². The minimum absolute atomic E-state index is 0.234. The fourth-order valence-electron chi connectivity index (χ4n) is 2.53. The zero-order valence-electron chi connectivity index (χ0n) is 14.0. The summed E-state index contributed by atoms with van der Waals surface area (Å²) in [6.45, 7) is 2.09. The van der Waals surface area contributed by atoms with Gasteiger partial charge in [-0.05, 0) is 46.7 Å². The van der Waals surface area contributed by atoms with E-state index in [9.17, 15) is 8.42 Å². The molecule has 130 valence electrons. The molecule has 7 nitrogen and oxygen atoms in total. The fraction of sp³-hybridized carbons (Fsp3) is 0.235. The van der Waals surface area contributed by atoms with E-state index in [-0.39, 0.29) is 4.90 Å². The Balaban J connectivity index is 1.85. The van der Waals surface area contributed by atoms with Gasteiger partial charge in [-0.25, -0.2) is 13.1 Å². The smallest absolute Gasteiger partial charge is 0.261 e. The van der Waals surface area contributed by atoms with E-state index in [0.717, 1.165) is 24.0 Å². The van der Waals surface area contributed by atoms with Crippen molar-refractivity contribution in [3.05, 3.63) is 54.1 Å². The molecular formula is C17H19N5O2S. The molecule has 25 heavy (non-hydrogen) atoms. The van der Waals surface area contributed by atoms with Gasteiger partial charge in [0, 0.05) is 18.3 Å². The first kappa shape index (κ1) is 17.1. The van der Waals surface area contributed by atoms with E-state index in [1.54, 1.807) is 37.4 Å². The lowest BCUT2D eigenvalue weighted by Crippen LogP contribution is -2.13. The number of aromatic nitrogens is 4. The Kier molecular flexibility index (Phi) is 4.80. The van der Waals surface area contributed by atoms with Crippen molar-refractivity contribution < 1.29 is 8.42 Å². The van der Waals surface area contributed by atoms with Crippen LogP contribution in [0.25, 0.3) is 11.4 Å². The van der Waals surface area contributed by atoms with E-state index < -0.39 is 10.0 Å². The van der Waals surface area contributed by atoms with Crippen molar-refractivity contribution >= 4 is 15.7 Å². The van der Waals surface area contributed by atoms with Gasteiger partial charge in [0.1, 0.15) is 0 Å². The summed E-state index contributed by atoms with van der Waals surface area (Å²) in [5, 5.41) is 11.3. The molecule has 0 unspecified atom stereocenters. The highest BCUT2D eigenvalue weighted by Crippen LogP contribution is 2.22. The molecule has 0 atom stereocenters. The highest BCUT2D eigenvalue weighted by Gasteiger charge is 2.15. The maximum Gasteiger partial charge on any atom is 0.261 e. The van der Waals surface area contributed by atoms with Crippen molar-refractivity contribution in [3.8, 4) is 11.4 Å². The van der Waals surface area contributed by atoms with Gasteiger partial charge in [0.2, 0.25) is 0 Å². The Morgan fingerprint density at radius 2 is 1.88 bits per heavy atom. The third-order valence-electron chi connectivity index (χ3n) is 3.77. The van der Waals surface area contributed by atoms with Crippen LogP contribution < -0.4 is 4.72 Å². The summed E-state index contributed by atoms with van der Waals surface area (Å²) in [7, 11) is -1.92. The number of tetrazole rings is 1. The van der Waals surface area contributed by atoms with Crippen LogP contribution in [0.1, 0.15) is 18.9 Å². The molecule has 2 aromatic carbocycles. The van der Waals surface area contributed by atoms with Crippen molar-refractivity contribution in [2.45, 2.75) is 24.7 Å². The Morgan fingerprint density at radius 3 is 2.52 bits per heavy atom. The van der Waals surface area contributed by atoms with Gasteiger partial charge in [-0.3, -0.25) is 4.72 Å². The van der Waals surface area contributed by atoms with Gasteiger partial charge in [-0.2, -0.15) is 0 Å². The SMILES string of the molecule is CCCc1ccc(S(=O)(=O)Nc2cccc(-c3nnnn3C)c2)cc1. The molecule has 0 bridgehead atoms. The summed E-state index contributed by atoms with van der Waals surface area (Å²) in [6.07, 6.45) is 1.95. The van der Waals surface area contributed by atoms with Gasteiger partial charge < -0.3 is 0 Å². The number of hydrogen-bond acceptors (Lipinski definition) is 5. The molecule has 0 saturated carbocycles. The number of hydrogen-bond donors (Lipinski definition) is 1. The molecule has 0 spiro atoms. The van der Waals surface area contributed by atoms with Gasteiger partial charge in [0.05, 0.1) is 4.90 Å². The van der Waals surface area contributed by atoms with Crippen molar-refractivity contribution in [2.24, 2.45) is 7.05 Å². The zero-order valence-corrected chi connectivity index (χ0v) is 14.9. The minimum Gasteiger partial charge on any atom is -0.280 e. The molecule has 3 rings (SSSR count). The maximum atomic E-state index is 12.6. The normalized spacial score (nSPS) is 11.4. The minimum atomic E-state index is -3.65. The second-order valence-corrected chi connectivity index (χ2v) is 7.39. The number of nitrogens with zero attached hydrogens (tertiary/aromatic N) is 4. The maximum absolute atomic E-state index is 12.6. The second kappa shape index (κ2) is 7.02. The van der Waals surface area contributed by atoms with Crippen LogP contribution in [0.4, 0.5) is 5.69 Å². The molecule has 0 radical (unpaired) electrons. The van der Waals surface area contributed by atoms with Crippen LogP contribution in [-0.4, -0.2) is 28.6 Å². The molecule has 0 saturated heterocycles. The number of nitrogens with one attached hydrogen (secondary N) is 1. The second-order valence-electron chi connectivity index (χ2n) is 5.71. The van der Waals surface area contributed by atoms with Crippen molar-refractivity contribution in [2.75, 3.05) is 4.72 Å². The Morgan fingerprint density at radius 1 is 1.12 bits per heavy atom. The van der Waals surface area contributed by atoms with Crippen LogP contribution >= 0.6 is 0 Å². The fourth-order valence-corrected chi connectivity index (χ4v) is 3.58. The van der Waals surface area contributed by atoms with Crippen LogP contribution in [-0.2, 0) is 23.5 Å². The van der Waals surface area contributed by atoms with Gasteiger partial charge >= 0.3 is 0 Å². The quantitative estimate of drug-likeness (QED) is 0.732. The molecule has 8 heteroatoms. The molecule has 3 aromatic rings. The van der Waals surface area contributed by atoms with Crippen LogP contribution in [0.3, 0.4) is 0 Å². The lowest BCUT2D eigenvalue weighted by Gasteiger charge is -2.10. The molecule has 1 N–H and O–H groups in total. The van der Waals surface area contributed by atoms with Gasteiger partial charge in [-0.15, -0.1) is 5.10 Å². The first-order chi connectivity index (χ1) is 12.0. The van der Waals surface area contributed by atoms with Crippen LogP contribution in [0, 0.1) is 0 Å². The molecule has 0 amide bonds. The Hall–Kier alpha value is -2.74. The highest BCUT2D eigenvalue weighted by atomic mass is 32.2. The number of benzene rings is 2. The van der Waals surface area contributed by atoms with Gasteiger partial charge in [0.25, 0.3) is 10.0 Å². The highest BCUT2D eigenvalue weighted by molar-refractivity contribution is 7.92. The summed E-state index contributed by atoms with van der Waals surface area (Å²) in [5.41, 5.74) is 2.31. The number of aryl methyl sites for hydroxylation is 2. The summed E-state index contributed by atoms with van der Waals surface area (Å²) >= 11 is 0. The third kappa shape index (κ3) is 3.85. The predicted octanol–water partition coefficient (Wildman–Crippen LogP) is 2.63. The van der Waals surface area contributed by atoms with E-state index in [2.05, 4.69) is 27.2 Å². The number of rotatable bonds is 6. The topological polar surface area (TPSA) is 89.8 Å². The van der Waals surface area contributed by atoms with Gasteiger partial charge in [-0.1, -0.05) is 37.6 Å². The molecule has 0 aliphatic heterocycles. The number of anilines is 1. The van der Waals surface area contributed by atoms with Crippen molar-refractivity contribution in [1.29, 1.82) is 0 Å². The molecular weight excluding hydrogens is 338 g/mol. The Bertz CT molecular complexity index is 965. The largest absolute Gasteiger partial charge is 0.280 e.